The molecule has 2 nitrogen and oxygen atoms in total. The zero-order chi connectivity index (χ0) is 14.2. The van der Waals surface area contributed by atoms with Gasteiger partial charge in [0.2, 0.25) is 0 Å². The fourth-order valence-corrected chi connectivity index (χ4v) is 2.05. The third-order valence-electron chi connectivity index (χ3n) is 2.30. The van der Waals surface area contributed by atoms with Crippen LogP contribution in [-0.4, -0.2) is 10.1 Å². The van der Waals surface area contributed by atoms with E-state index in [1.807, 2.05) is 0 Å². The predicted molar refractivity (Wildman–Crippen MR) is 66.4 cm³/mol. The van der Waals surface area contributed by atoms with Crippen LogP contribution in [0.15, 0.2) is 30.3 Å². The number of aromatic nitrogens is 1. The predicted octanol–water partition coefficient (Wildman–Crippen LogP) is 4.78. The molecule has 1 aromatic carbocycles. The summed E-state index contributed by atoms with van der Waals surface area (Å²) in [6.07, 6.45) is -4.73. The van der Waals surface area contributed by atoms with E-state index in [9.17, 15) is 18.3 Å². The molecule has 0 bridgehead atoms. The van der Waals surface area contributed by atoms with Gasteiger partial charge in [-0.2, -0.15) is 13.2 Å². The van der Waals surface area contributed by atoms with Crippen molar-refractivity contribution in [1.82, 2.24) is 4.98 Å². The lowest BCUT2D eigenvalue weighted by atomic mass is 10.1. The first-order valence-electron chi connectivity index (χ1n) is 5.01. The Labute approximate surface area is 116 Å². The minimum Gasteiger partial charge on any atom is -0.506 e. The highest BCUT2D eigenvalue weighted by Crippen LogP contribution is 2.36. The molecule has 19 heavy (non-hydrogen) atoms. The molecule has 1 heterocycles. The number of benzene rings is 1. The molecular weight excluding hydrogens is 302 g/mol. The molecule has 0 fully saturated rings. The molecule has 0 unspecified atom stereocenters. The van der Waals surface area contributed by atoms with Crippen LogP contribution in [0.3, 0.4) is 0 Å². The first-order valence-corrected chi connectivity index (χ1v) is 5.76. The summed E-state index contributed by atoms with van der Waals surface area (Å²) in [5.74, 6) is -0.927. The molecule has 0 aliphatic rings. The van der Waals surface area contributed by atoms with Gasteiger partial charge >= 0.3 is 6.18 Å². The number of aromatic hydroxyl groups is 1. The summed E-state index contributed by atoms with van der Waals surface area (Å²) >= 11 is 11.6. The van der Waals surface area contributed by atoms with Crippen LogP contribution < -0.4 is 0 Å². The van der Waals surface area contributed by atoms with Crippen molar-refractivity contribution in [2.75, 3.05) is 0 Å². The highest BCUT2D eigenvalue weighted by molar-refractivity contribution is 6.35. The van der Waals surface area contributed by atoms with Crippen LogP contribution in [-0.2, 0) is 6.18 Å². The van der Waals surface area contributed by atoms with Crippen LogP contribution in [0, 0.1) is 0 Å². The Morgan fingerprint density at radius 3 is 2.11 bits per heavy atom. The average molecular weight is 308 g/mol. The normalized spacial score (nSPS) is 11.6. The minimum absolute atomic E-state index is 0.0227. The van der Waals surface area contributed by atoms with Crippen LogP contribution >= 0.6 is 23.2 Å². The van der Waals surface area contributed by atoms with E-state index in [2.05, 4.69) is 4.98 Å². The molecule has 0 saturated carbocycles. The van der Waals surface area contributed by atoms with Crippen molar-refractivity contribution < 1.29 is 18.3 Å². The Morgan fingerprint density at radius 2 is 1.58 bits per heavy atom. The summed E-state index contributed by atoms with van der Waals surface area (Å²) in [5, 5.41) is 9.76. The van der Waals surface area contributed by atoms with Gasteiger partial charge in [0.15, 0.2) is 5.69 Å². The van der Waals surface area contributed by atoms with E-state index in [1.54, 1.807) is 0 Å². The number of hydrogen-bond donors (Lipinski definition) is 1. The number of hydrogen-bond acceptors (Lipinski definition) is 2. The molecule has 0 aliphatic carbocycles. The Balaban J connectivity index is 2.58. The molecular formula is C12H6Cl2F3NO. The molecule has 2 rings (SSSR count). The lowest BCUT2D eigenvalue weighted by molar-refractivity contribution is -0.142. The van der Waals surface area contributed by atoms with Crippen molar-refractivity contribution in [2.24, 2.45) is 0 Å². The van der Waals surface area contributed by atoms with Crippen molar-refractivity contribution in [3.8, 4) is 17.0 Å². The molecule has 0 aliphatic heterocycles. The molecule has 0 amide bonds. The summed E-state index contributed by atoms with van der Waals surface area (Å²) in [7, 11) is 0. The van der Waals surface area contributed by atoms with E-state index in [-0.39, 0.29) is 15.7 Å². The van der Waals surface area contributed by atoms with E-state index in [0.717, 1.165) is 6.07 Å². The molecule has 1 N–H and O–H groups in total. The monoisotopic (exact) mass is 307 g/mol. The van der Waals surface area contributed by atoms with Crippen LogP contribution in [0.4, 0.5) is 13.2 Å². The largest absolute Gasteiger partial charge is 0.506 e. The first kappa shape index (κ1) is 14.0. The zero-order valence-electron chi connectivity index (χ0n) is 9.17. The summed E-state index contributed by atoms with van der Waals surface area (Å²) < 4.78 is 37.9. The minimum atomic E-state index is -4.73. The number of alkyl halides is 3. The Kier molecular flexibility index (Phi) is 3.60. The molecule has 0 saturated heterocycles. The number of nitrogens with zero attached hydrogens (tertiary/aromatic N) is 1. The van der Waals surface area contributed by atoms with Gasteiger partial charge < -0.3 is 5.11 Å². The van der Waals surface area contributed by atoms with E-state index in [0.29, 0.717) is 5.56 Å². The fourth-order valence-electron chi connectivity index (χ4n) is 1.52. The number of rotatable bonds is 1. The zero-order valence-corrected chi connectivity index (χ0v) is 10.7. The number of pyridine rings is 1. The Hall–Kier alpha value is -1.46. The van der Waals surface area contributed by atoms with Gasteiger partial charge in [0.1, 0.15) is 5.75 Å². The van der Waals surface area contributed by atoms with Gasteiger partial charge in [-0.15, -0.1) is 0 Å². The van der Waals surface area contributed by atoms with Gasteiger partial charge in [-0.05, 0) is 30.3 Å². The Bertz CT molecular complexity index is 609. The molecule has 7 heteroatoms. The summed E-state index contributed by atoms with van der Waals surface area (Å²) in [4.78, 5) is 3.40. The van der Waals surface area contributed by atoms with Gasteiger partial charge in [0.25, 0.3) is 0 Å². The van der Waals surface area contributed by atoms with Crippen LogP contribution in [0.2, 0.25) is 10.0 Å². The average Bonchev–Trinajstić information content (AvgIpc) is 2.26. The van der Waals surface area contributed by atoms with E-state index < -0.39 is 17.6 Å². The SMILES string of the molecule is Oc1ccc(-c2cc(Cl)cc(Cl)c2)nc1C(F)(F)F. The number of halogens is 5. The van der Waals surface area contributed by atoms with Crippen molar-refractivity contribution >= 4 is 23.2 Å². The maximum Gasteiger partial charge on any atom is 0.437 e. The lowest BCUT2D eigenvalue weighted by Gasteiger charge is -2.10. The Morgan fingerprint density at radius 1 is 1.00 bits per heavy atom. The summed E-state index contributed by atoms with van der Waals surface area (Å²) in [5.41, 5.74) is -0.987. The molecule has 1 aromatic heterocycles. The van der Waals surface area contributed by atoms with Crippen molar-refractivity contribution in [3.63, 3.8) is 0 Å². The second-order valence-corrected chi connectivity index (χ2v) is 4.59. The van der Waals surface area contributed by atoms with E-state index in [1.165, 1.54) is 24.3 Å². The third kappa shape index (κ3) is 3.11. The van der Waals surface area contributed by atoms with Crippen molar-refractivity contribution in [3.05, 3.63) is 46.1 Å². The summed E-state index contributed by atoms with van der Waals surface area (Å²) in [6, 6.07) is 6.52. The van der Waals surface area contributed by atoms with E-state index in [4.69, 9.17) is 23.2 Å². The van der Waals surface area contributed by atoms with Gasteiger partial charge in [0.05, 0.1) is 5.69 Å². The van der Waals surface area contributed by atoms with Gasteiger partial charge in [-0.1, -0.05) is 23.2 Å². The van der Waals surface area contributed by atoms with Gasteiger partial charge in [-0.3, -0.25) is 0 Å². The second-order valence-electron chi connectivity index (χ2n) is 3.72. The summed E-state index contributed by atoms with van der Waals surface area (Å²) in [6.45, 7) is 0. The quantitative estimate of drug-likeness (QED) is 0.822. The maximum atomic E-state index is 12.6. The highest BCUT2D eigenvalue weighted by atomic mass is 35.5. The standard InChI is InChI=1S/C12H6Cl2F3NO/c13-7-3-6(4-8(14)5-7)9-1-2-10(19)11(18-9)12(15,16)17/h1-5,19H. The second kappa shape index (κ2) is 4.90. The van der Waals surface area contributed by atoms with Crippen LogP contribution in [0.25, 0.3) is 11.3 Å². The van der Waals surface area contributed by atoms with Gasteiger partial charge in [-0.25, -0.2) is 4.98 Å². The van der Waals surface area contributed by atoms with Gasteiger partial charge in [0, 0.05) is 15.6 Å². The molecule has 2 aromatic rings. The fraction of sp³-hybridized carbons (Fsp3) is 0.0833. The topological polar surface area (TPSA) is 33.1 Å². The molecule has 100 valence electrons. The van der Waals surface area contributed by atoms with E-state index >= 15 is 0 Å². The molecule has 0 radical (unpaired) electrons. The lowest BCUT2D eigenvalue weighted by Crippen LogP contribution is -2.08. The smallest absolute Gasteiger partial charge is 0.437 e. The van der Waals surface area contributed by atoms with Crippen molar-refractivity contribution in [1.29, 1.82) is 0 Å². The third-order valence-corrected chi connectivity index (χ3v) is 2.74. The highest BCUT2D eigenvalue weighted by Gasteiger charge is 2.36. The van der Waals surface area contributed by atoms with Crippen LogP contribution in [0.5, 0.6) is 5.75 Å². The molecule has 0 spiro atoms. The van der Waals surface area contributed by atoms with Crippen LogP contribution in [0.1, 0.15) is 5.69 Å². The maximum absolute atomic E-state index is 12.6. The molecule has 0 atom stereocenters. The first-order chi connectivity index (χ1) is 8.77. The van der Waals surface area contributed by atoms with Crippen molar-refractivity contribution in [2.45, 2.75) is 6.18 Å².